The lowest BCUT2D eigenvalue weighted by molar-refractivity contribution is 0.0154. The number of alkyl halides is 2. The Morgan fingerprint density at radius 3 is 2.30 bits per heavy atom. The number of benzene rings is 1. The van der Waals surface area contributed by atoms with Crippen molar-refractivity contribution < 1.29 is 18.3 Å². The van der Waals surface area contributed by atoms with Crippen LogP contribution in [0.1, 0.15) is 36.8 Å². The zero-order chi connectivity index (χ0) is 14.2. The lowest BCUT2D eigenvalue weighted by Gasteiger charge is -2.29. The molecule has 110 valence electrons. The average Bonchev–Trinajstić information content (AvgIpc) is 2.46. The van der Waals surface area contributed by atoms with Gasteiger partial charge in [0.1, 0.15) is 13.2 Å². The van der Waals surface area contributed by atoms with E-state index < -0.39 is 5.92 Å². The van der Waals surface area contributed by atoms with Crippen LogP contribution in [0.4, 0.5) is 8.78 Å². The highest BCUT2D eigenvalue weighted by atomic mass is 19.3. The molecule has 1 aromatic rings. The molecular formula is C15H19F2NO2. The van der Waals surface area contributed by atoms with E-state index in [2.05, 4.69) is 5.32 Å². The second kappa shape index (κ2) is 5.20. The van der Waals surface area contributed by atoms with Crippen LogP contribution < -0.4 is 14.8 Å². The van der Waals surface area contributed by atoms with Gasteiger partial charge in [-0.05, 0) is 49.5 Å². The molecule has 3 rings (SSSR count). The second-order valence-corrected chi connectivity index (χ2v) is 5.50. The topological polar surface area (TPSA) is 30.5 Å². The molecule has 0 aromatic heterocycles. The molecule has 1 aromatic carbocycles. The molecule has 5 heteroatoms. The van der Waals surface area contributed by atoms with Crippen LogP contribution in [0.2, 0.25) is 0 Å². The van der Waals surface area contributed by atoms with E-state index >= 15 is 0 Å². The van der Waals surface area contributed by atoms with Gasteiger partial charge in [0.25, 0.3) is 5.92 Å². The third kappa shape index (κ3) is 2.59. The molecule has 1 N–H and O–H groups in total. The van der Waals surface area contributed by atoms with Crippen molar-refractivity contribution in [2.45, 2.75) is 31.6 Å². The Labute approximate surface area is 117 Å². The summed E-state index contributed by atoms with van der Waals surface area (Å²) in [4.78, 5) is 0. The van der Waals surface area contributed by atoms with Gasteiger partial charge in [-0.15, -0.1) is 0 Å². The maximum Gasteiger partial charge on any atom is 0.270 e. The maximum absolute atomic E-state index is 13.9. The number of rotatable bonds is 2. The van der Waals surface area contributed by atoms with Gasteiger partial charge in [0.2, 0.25) is 0 Å². The Hall–Kier alpha value is -1.36. The summed E-state index contributed by atoms with van der Waals surface area (Å²) in [5.41, 5.74) is 0.789. The van der Waals surface area contributed by atoms with Crippen molar-refractivity contribution in [3.63, 3.8) is 0 Å². The molecule has 0 aliphatic carbocycles. The SMILES string of the molecule is CC(F)(F)c1cc2c(cc1C1CCNCC1)OCCO2. The molecule has 1 saturated heterocycles. The second-order valence-electron chi connectivity index (χ2n) is 5.50. The van der Waals surface area contributed by atoms with Gasteiger partial charge in [0, 0.05) is 12.5 Å². The van der Waals surface area contributed by atoms with E-state index in [4.69, 9.17) is 9.47 Å². The monoisotopic (exact) mass is 283 g/mol. The zero-order valence-electron chi connectivity index (χ0n) is 11.5. The van der Waals surface area contributed by atoms with E-state index in [1.165, 1.54) is 6.07 Å². The average molecular weight is 283 g/mol. The summed E-state index contributed by atoms with van der Waals surface area (Å²) >= 11 is 0. The van der Waals surface area contributed by atoms with E-state index in [1.54, 1.807) is 6.07 Å². The fourth-order valence-corrected chi connectivity index (χ4v) is 2.96. The van der Waals surface area contributed by atoms with Gasteiger partial charge < -0.3 is 14.8 Å². The minimum absolute atomic E-state index is 0.0775. The molecule has 1 fully saturated rings. The van der Waals surface area contributed by atoms with E-state index in [1.807, 2.05) is 0 Å². The zero-order valence-corrected chi connectivity index (χ0v) is 11.5. The number of halogens is 2. The summed E-state index contributed by atoms with van der Waals surface area (Å²) in [7, 11) is 0. The number of hydrogen-bond donors (Lipinski definition) is 1. The van der Waals surface area contributed by atoms with Crippen LogP contribution in [0.3, 0.4) is 0 Å². The van der Waals surface area contributed by atoms with E-state index in [0.29, 0.717) is 30.3 Å². The molecule has 0 radical (unpaired) electrons. The third-order valence-corrected chi connectivity index (χ3v) is 3.97. The van der Waals surface area contributed by atoms with Crippen molar-refractivity contribution in [3.8, 4) is 11.5 Å². The van der Waals surface area contributed by atoms with Gasteiger partial charge in [0.05, 0.1) is 0 Å². The van der Waals surface area contributed by atoms with Crippen LogP contribution in [0.25, 0.3) is 0 Å². The number of fused-ring (bicyclic) bond motifs is 1. The molecule has 2 aliphatic heterocycles. The largest absolute Gasteiger partial charge is 0.486 e. The molecule has 0 amide bonds. The Balaban J connectivity index is 2.05. The number of piperidine rings is 1. The summed E-state index contributed by atoms with van der Waals surface area (Å²) in [5.74, 6) is -1.67. The van der Waals surface area contributed by atoms with Crippen LogP contribution in [0.15, 0.2) is 12.1 Å². The number of ether oxygens (including phenoxy) is 2. The molecule has 2 heterocycles. The number of hydrogen-bond acceptors (Lipinski definition) is 3. The van der Waals surface area contributed by atoms with Gasteiger partial charge in [-0.1, -0.05) is 0 Å². The van der Waals surface area contributed by atoms with Gasteiger partial charge in [-0.3, -0.25) is 0 Å². The molecule has 0 unspecified atom stereocenters. The molecule has 20 heavy (non-hydrogen) atoms. The molecular weight excluding hydrogens is 264 g/mol. The Kier molecular flexibility index (Phi) is 3.54. The van der Waals surface area contributed by atoms with E-state index in [0.717, 1.165) is 32.9 Å². The van der Waals surface area contributed by atoms with Crippen molar-refractivity contribution in [3.05, 3.63) is 23.3 Å². The van der Waals surface area contributed by atoms with Crippen LogP contribution in [-0.4, -0.2) is 26.3 Å². The van der Waals surface area contributed by atoms with Gasteiger partial charge in [-0.2, -0.15) is 0 Å². The first kappa shape index (κ1) is 13.6. The quantitative estimate of drug-likeness (QED) is 0.905. The molecule has 0 atom stereocenters. The van der Waals surface area contributed by atoms with Crippen molar-refractivity contribution >= 4 is 0 Å². The highest BCUT2D eigenvalue weighted by Gasteiger charge is 2.33. The van der Waals surface area contributed by atoms with Gasteiger partial charge in [-0.25, -0.2) is 8.78 Å². The smallest absolute Gasteiger partial charge is 0.270 e. The highest BCUT2D eigenvalue weighted by Crippen LogP contribution is 2.43. The molecule has 0 spiro atoms. The standard InChI is InChI=1S/C15H19F2NO2/c1-15(16,17)12-9-14-13(19-6-7-20-14)8-11(12)10-2-4-18-5-3-10/h8-10,18H,2-7H2,1H3. The van der Waals surface area contributed by atoms with Gasteiger partial charge >= 0.3 is 0 Å². The minimum atomic E-state index is -2.87. The normalized spacial score (nSPS) is 19.9. The summed E-state index contributed by atoms with van der Waals surface area (Å²) in [5, 5.41) is 3.26. The Bertz CT molecular complexity index is 493. The van der Waals surface area contributed by atoms with Crippen LogP contribution in [-0.2, 0) is 5.92 Å². The summed E-state index contributed by atoms with van der Waals surface area (Å²) in [6, 6.07) is 3.23. The Morgan fingerprint density at radius 1 is 1.10 bits per heavy atom. The number of nitrogens with one attached hydrogen (secondary N) is 1. The lowest BCUT2D eigenvalue weighted by Crippen LogP contribution is -2.28. The first-order valence-electron chi connectivity index (χ1n) is 7.08. The summed E-state index contributed by atoms with van der Waals surface area (Å²) in [6.07, 6.45) is 1.76. The van der Waals surface area contributed by atoms with Crippen LogP contribution in [0, 0.1) is 0 Å². The summed E-state index contributed by atoms with van der Waals surface area (Å²) in [6.45, 7) is 3.57. The molecule has 0 bridgehead atoms. The van der Waals surface area contributed by atoms with Crippen LogP contribution in [0.5, 0.6) is 11.5 Å². The fraction of sp³-hybridized carbons (Fsp3) is 0.600. The summed E-state index contributed by atoms with van der Waals surface area (Å²) < 4.78 is 38.8. The third-order valence-electron chi connectivity index (χ3n) is 3.97. The highest BCUT2D eigenvalue weighted by molar-refractivity contribution is 5.50. The molecule has 3 nitrogen and oxygen atoms in total. The molecule has 0 saturated carbocycles. The predicted molar refractivity (Wildman–Crippen MR) is 71.8 cm³/mol. The lowest BCUT2D eigenvalue weighted by atomic mass is 9.85. The first-order valence-corrected chi connectivity index (χ1v) is 7.08. The minimum Gasteiger partial charge on any atom is -0.486 e. The van der Waals surface area contributed by atoms with Crippen molar-refractivity contribution in [1.29, 1.82) is 0 Å². The first-order chi connectivity index (χ1) is 9.55. The van der Waals surface area contributed by atoms with E-state index in [-0.39, 0.29) is 11.5 Å². The van der Waals surface area contributed by atoms with Crippen molar-refractivity contribution in [1.82, 2.24) is 5.32 Å². The maximum atomic E-state index is 13.9. The fourth-order valence-electron chi connectivity index (χ4n) is 2.96. The van der Waals surface area contributed by atoms with Crippen LogP contribution >= 0.6 is 0 Å². The van der Waals surface area contributed by atoms with E-state index in [9.17, 15) is 8.78 Å². The Morgan fingerprint density at radius 2 is 1.70 bits per heavy atom. The van der Waals surface area contributed by atoms with Crippen molar-refractivity contribution in [2.24, 2.45) is 0 Å². The molecule has 2 aliphatic rings. The van der Waals surface area contributed by atoms with Gasteiger partial charge in [0.15, 0.2) is 11.5 Å². The van der Waals surface area contributed by atoms with Crippen molar-refractivity contribution in [2.75, 3.05) is 26.3 Å². The predicted octanol–water partition coefficient (Wildman–Crippen LogP) is 3.04.